The zero-order valence-electron chi connectivity index (χ0n) is 29.0. The van der Waals surface area contributed by atoms with Gasteiger partial charge in [-0.25, -0.2) is 9.97 Å². The van der Waals surface area contributed by atoms with Crippen molar-refractivity contribution in [3.8, 4) is 56.2 Å². The van der Waals surface area contributed by atoms with Crippen molar-refractivity contribution in [2.75, 3.05) is 0 Å². The molecule has 0 aliphatic heterocycles. The molecule has 0 atom stereocenters. The Morgan fingerprint density at radius 2 is 0.981 bits per heavy atom. The standard InChI is InChI=1S/C50H30N2O2/c1-3-13-31(14-4-1)38-25-26-39(48-41-28-33-17-7-8-18-34(33)29-46(41)54-49(38)48)43-30-42(51-50(52-43)32-15-5-2-6-16-32)36-20-11-19-35(27-36)37-22-12-24-45-47(37)40-21-9-10-23-44(40)53-45/h1-30H. The lowest BCUT2D eigenvalue weighted by molar-refractivity contribution is 0.669. The maximum Gasteiger partial charge on any atom is 0.160 e. The Labute approximate surface area is 310 Å². The molecule has 0 fully saturated rings. The minimum Gasteiger partial charge on any atom is -0.456 e. The Morgan fingerprint density at radius 1 is 0.333 bits per heavy atom. The van der Waals surface area contributed by atoms with E-state index >= 15 is 0 Å². The number of benzene rings is 8. The molecule has 3 aromatic heterocycles. The van der Waals surface area contributed by atoms with Gasteiger partial charge >= 0.3 is 0 Å². The molecule has 4 heteroatoms. The number of nitrogens with zero attached hydrogens (tertiary/aromatic N) is 2. The predicted octanol–water partition coefficient (Wildman–Crippen LogP) is 13.8. The number of para-hydroxylation sites is 1. The van der Waals surface area contributed by atoms with Crippen LogP contribution < -0.4 is 0 Å². The second-order valence-electron chi connectivity index (χ2n) is 13.7. The smallest absolute Gasteiger partial charge is 0.160 e. The highest BCUT2D eigenvalue weighted by Crippen LogP contribution is 2.44. The summed E-state index contributed by atoms with van der Waals surface area (Å²) >= 11 is 0. The van der Waals surface area contributed by atoms with Gasteiger partial charge < -0.3 is 8.83 Å². The second-order valence-corrected chi connectivity index (χ2v) is 13.7. The Balaban J connectivity index is 1.16. The summed E-state index contributed by atoms with van der Waals surface area (Å²) in [6.07, 6.45) is 0. The third-order valence-corrected chi connectivity index (χ3v) is 10.5. The average molecular weight is 691 g/mol. The van der Waals surface area contributed by atoms with Gasteiger partial charge in [-0.3, -0.25) is 0 Å². The molecule has 54 heavy (non-hydrogen) atoms. The van der Waals surface area contributed by atoms with Crippen LogP contribution in [0.25, 0.3) is 111 Å². The van der Waals surface area contributed by atoms with Gasteiger partial charge in [0.05, 0.1) is 11.4 Å². The maximum absolute atomic E-state index is 6.81. The van der Waals surface area contributed by atoms with E-state index in [9.17, 15) is 0 Å². The molecule has 11 rings (SSSR count). The van der Waals surface area contributed by atoms with Crippen molar-refractivity contribution in [1.82, 2.24) is 9.97 Å². The molecule has 0 saturated heterocycles. The predicted molar refractivity (Wildman–Crippen MR) is 221 cm³/mol. The van der Waals surface area contributed by atoms with Crippen LogP contribution in [0.2, 0.25) is 0 Å². The summed E-state index contributed by atoms with van der Waals surface area (Å²) in [6, 6.07) is 63.1. The minimum absolute atomic E-state index is 0.662. The quantitative estimate of drug-likeness (QED) is 0.180. The molecule has 4 nitrogen and oxygen atoms in total. The Hall–Kier alpha value is -7.30. The summed E-state index contributed by atoms with van der Waals surface area (Å²) in [7, 11) is 0. The maximum atomic E-state index is 6.81. The van der Waals surface area contributed by atoms with E-state index in [1.54, 1.807) is 0 Å². The van der Waals surface area contributed by atoms with Gasteiger partial charge in [-0.05, 0) is 69.9 Å². The summed E-state index contributed by atoms with van der Waals surface area (Å²) in [5.74, 6) is 0.662. The molecule has 0 spiro atoms. The Morgan fingerprint density at radius 3 is 1.83 bits per heavy atom. The van der Waals surface area contributed by atoms with Gasteiger partial charge in [0.2, 0.25) is 0 Å². The van der Waals surface area contributed by atoms with Crippen LogP contribution in [-0.4, -0.2) is 9.97 Å². The van der Waals surface area contributed by atoms with E-state index in [2.05, 4.69) is 140 Å². The van der Waals surface area contributed by atoms with Gasteiger partial charge in [-0.1, -0.05) is 140 Å². The normalized spacial score (nSPS) is 11.7. The molecule has 0 saturated carbocycles. The van der Waals surface area contributed by atoms with Crippen molar-refractivity contribution in [3.05, 3.63) is 182 Å². The second kappa shape index (κ2) is 12.1. The van der Waals surface area contributed by atoms with Crippen LogP contribution in [0.1, 0.15) is 0 Å². The zero-order chi connectivity index (χ0) is 35.6. The van der Waals surface area contributed by atoms with E-state index < -0.39 is 0 Å². The van der Waals surface area contributed by atoms with Crippen molar-refractivity contribution in [1.29, 1.82) is 0 Å². The van der Waals surface area contributed by atoms with Crippen molar-refractivity contribution < 1.29 is 8.83 Å². The van der Waals surface area contributed by atoms with E-state index in [1.807, 2.05) is 42.5 Å². The Kier molecular flexibility index (Phi) is 6.82. The van der Waals surface area contributed by atoms with Crippen LogP contribution in [0.3, 0.4) is 0 Å². The van der Waals surface area contributed by atoms with Crippen LogP contribution in [0.5, 0.6) is 0 Å². The molecule has 0 unspecified atom stereocenters. The Bertz CT molecular complexity index is 3210. The van der Waals surface area contributed by atoms with E-state index in [0.717, 1.165) is 105 Å². The first kappa shape index (κ1) is 30.3. The minimum atomic E-state index is 0.662. The van der Waals surface area contributed by atoms with Gasteiger partial charge in [0, 0.05) is 43.8 Å². The summed E-state index contributed by atoms with van der Waals surface area (Å²) in [5, 5.41) is 6.61. The van der Waals surface area contributed by atoms with Crippen molar-refractivity contribution in [3.63, 3.8) is 0 Å². The van der Waals surface area contributed by atoms with Crippen LogP contribution >= 0.6 is 0 Å². The summed E-state index contributed by atoms with van der Waals surface area (Å²) < 4.78 is 13.1. The largest absolute Gasteiger partial charge is 0.456 e. The highest BCUT2D eigenvalue weighted by Gasteiger charge is 2.21. The van der Waals surface area contributed by atoms with Crippen molar-refractivity contribution in [2.45, 2.75) is 0 Å². The fourth-order valence-corrected chi connectivity index (χ4v) is 7.93. The number of aromatic nitrogens is 2. The summed E-state index contributed by atoms with van der Waals surface area (Å²) in [6.45, 7) is 0. The molecule has 252 valence electrons. The lowest BCUT2D eigenvalue weighted by Crippen LogP contribution is -1.96. The molecule has 0 amide bonds. The fraction of sp³-hybridized carbons (Fsp3) is 0. The molecule has 0 bridgehead atoms. The van der Waals surface area contributed by atoms with Crippen LogP contribution in [0.15, 0.2) is 191 Å². The SMILES string of the molecule is c1ccc(-c2nc(-c3cccc(-c4cccc5oc6ccccc6c45)c3)cc(-c3ccc(-c4ccccc4)c4oc5cc6ccccc6cc5c34)n2)cc1. The van der Waals surface area contributed by atoms with Gasteiger partial charge in [0.25, 0.3) is 0 Å². The van der Waals surface area contributed by atoms with Gasteiger partial charge in [0.15, 0.2) is 5.82 Å². The number of hydrogen-bond acceptors (Lipinski definition) is 4. The highest BCUT2D eigenvalue weighted by atomic mass is 16.3. The molecule has 3 heterocycles. The number of hydrogen-bond donors (Lipinski definition) is 0. The first-order valence-corrected chi connectivity index (χ1v) is 18.1. The molecule has 0 N–H and O–H groups in total. The molecular formula is C50H30N2O2. The van der Waals surface area contributed by atoms with Crippen LogP contribution in [0.4, 0.5) is 0 Å². The van der Waals surface area contributed by atoms with E-state index in [1.165, 1.54) is 0 Å². The first-order chi connectivity index (χ1) is 26.7. The monoisotopic (exact) mass is 690 g/mol. The molecular weight excluding hydrogens is 661 g/mol. The number of furan rings is 2. The fourth-order valence-electron chi connectivity index (χ4n) is 7.93. The van der Waals surface area contributed by atoms with Gasteiger partial charge in [0.1, 0.15) is 22.3 Å². The van der Waals surface area contributed by atoms with Crippen LogP contribution in [-0.2, 0) is 0 Å². The highest BCUT2D eigenvalue weighted by molar-refractivity contribution is 6.18. The van der Waals surface area contributed by atoms with Gasteiger partial charge in [-0.15, -0.1) is 0 Å². The van der Waals surface area contributed by atoms with E-state index in [-0.39, 0.29) is 0 Å². The number of rotatable bonds is 5. The molecule has 0 aliphatic rings. The average Bonchev–Trinajstić information content (AvgIpc) is 3.81. The topological polar surface area (TPSA) is 52.1 Å². The number of fused-ring (bicyclic) bond motifs is 7. The lowest BCUT2D eigenvalue weighted by atomic mass is 9.95. The third-order valence-electron chi connectivity index (χ3n) is 10.5. The molecule has 11 aromatic rings. The lowest BCUT2D eigenvalue weighted by Gasteiger charge is -2.12. The van der Waals surface area contributed by atoms with E-state index in [4.69, 9.17) is 18.8 Å². The van der Waals surface area contributed by atoms with Crippen molar-refractivity contribution in [2.24, 2.45) is 0 Å². The van der Waals surface area contributed by atoms with E-state index in [0.29, 0.717) is 5.82 Å². The zero-order valence-corrected chi connectivity index (χ0v) is 29.0. The molecule has 0 radical (unpaired) electrons. The first-order valence-electron chi connectivity index (χ1n) is 18.1. The summed E-state index contributed by atoms with van der Waals surface area (Å²) in [5.41, 5.74) is 12.4. The van der Waals surface area contributed by atoms with Gasteiger partial charge in [-0.2, -0.15) is 0 Å². The van der Waals surface area contributed by atoms with Crippen molar-refractivity contribution >= 4 is 54.6 Å². The molecule has 0 aliphatic carbocycles. The van der Waals surface area contributed by atoms with Crippen LogP contribution in [0, 0.1) is 0 Å². The summed E-state index contributed by atoms with van der Waals surface area (Å²) in [4.78, 5) is 10.5. The third kappa shape index (κ3) is 4.92. The molecule has 8 aromatic carbocycles.